The highest BCUT2D eigenvalue weighted by Crippen LogP contribution is 2.29. The predicted octanol–water partition coefficient (Wildman–Crippen LogP) is 4.09. The molecule has 1 saturated heterocycles. The van der Waals surface area contributed by atoms with Crippen molar-refractivity contribution in [1.82, 2.24) is 19.8 Å². The minimum Gasteiger partial charge on any atom is -0.378 e. The Morgan fingerprint density at radius 2 is 1.89 bits per heavy atom. The summed E-state index contributed by atoms with van der Waals surface area (Å²) in [5.74, 6) is 1.50. The fraction of sp³-hybridized carbons (Fsp3) is 0.308. The van der Waals surface area contributed by atoms with Gasteiger partial charge >= 0.3 is 6.03 Å². The fourth-order valence-electron chi connectivity index (χ4n) is 4.35. The van der Waals surface area contributed by atoms with Gasteiger partial charge in [0.15, 0.2) is 0 Å². The predicted molar refractivity (Wildman–Crippen MR) is 143 cm³/mol. The molecule has 0 saturated carbocycles. The van der Waals surface area contributed by atoms with Crippen LogP contribution in [0.15, 0.2) is 64.8 Å². The van der Waals surface area contributed by atoms with Gasteiger partial charge in [-0.25, -0.2) is 9.79 Å². The van der Waals surface area contributed by atoms with E-state index in [4.69, 9.17) is 0 Å². The van der Waals surface area contributed by atoms with Crippen molar-refractivity contribution in [2.75, 3.05) is 51.0 Å². The molecule has 2 amide bonds. The number of pyridine rings is 1. The Bertz CT molecular complexity index is 1200. The van der Waals surface area contributed by atoms with Gasteiger partial charge in [-0.05, 0) is 56.1 Å². The smallest absolute Gasteiger partial charge is 0.322 e. The van der Waals surface area contributed by atoms with Crippen LogP contribution < -0.4 is 10.2 Å². The second kappa shape index (κ2) is 10.4. The molecular weight excluding hydrogens is 440 g/mol. The lowest BCUT2D eigenvalue weighted by molar-refractivity contribution is 0.145. The topological polar surface area (TPSA) is 92.2 Å². The number of hydrogen-bond acceptors (Lipinski definition) is 5. The van der Waals surface area contributed by atoms with Crippen LogP contribution in [0.2, 0.25) is 0 Å². The number of amidine groups is 1. The maximum Gasteiger partial charge on any atom is 0.322 e. The Morgan fingerprint density at radius 3 is 2.49 bits per heavy atom. The van der Waals surface area contributed by atoms with Crippen LogP contribution in [0.25, 0.3) is 11.3 Å². The lowest BCUT2D eigenvalue weighted by Crippen LogP contribution is -2.56. The van der Waals surface area contributed by atoms with Crippen molar-refractivity contribution in [3.8, 4) is 11.3 Å². The van der Waals surface area contributed by atoms with Crippen LogP contribution in [0.1, 0.15) is 12.5 Å². The van der Waals surface area contributed by atoms with Crippen molar-refractivity contribution in [2.24, 2.45) is 9.98 Å². The minimum atomic E-state index is -0.0974. The summed E-state index contributed by atoms with van der Waals surface area (Å²) in [5.41, 5.74) is 4.70. The molecule has 9 heteroatoms. The first-order valence-corrected chi connectivity index (χ1v) is 11.6. The highest BCUT2D eigenvalue weighted by molar-refractivity contribution is 6.04. The Labute approximate surface area is 206 Å². The van der Waals surface area contributed by atoms with E-state index in [0.717, 1.165) is 34.0 Å². The quantitative estimate of drug-likeness (QED) is 0.432. The molecule has 3 aromatic rings. The minimum absolute atomic E-state index is 0.000277. The van der Waals surface area contributed by atoms with E-state index < -0.39 is 0 Å². The summed E-state index contributed by atoms with van der Waals surface area (Å²) < 4.78 is 0. The van der Waals surface area contributed by atoms with Gasteiger partial charge in [0.05, 0.1) is 5.56 Å². The molecule has 3 heterocycles. The van der Waals surface area contributed by atoms with E-state index in [1.54, 1.807) is 19.4 Å². The summed E-state index contributed by atoms with van der Waals surface area (Å²) in [6.07, 6.45) is 3.52. The first-order valence-electron chi connectivity index (χ1n) is 11.6. The highest BCUT2D eigenvalue weighted by Gasteiger charge is 2.30. The Kier molecular flexibility index (Phi) is 7.14. The largest absolute Gasteiger partial charge is 0.378 e. The third-order valence-corrected chi connectivity index (χ3v) is 6.22. The lowest BCUT2D eigenvalue weighted by atomic mass is 10.1. The van der Waals surface area contributed by atoms with Crippen molar-refractivity contribution >= 4 is 35.8 Å². The SMILES string of the molecule is C=Nc1[nH]c(-c2ccncc2)cc1/C(=N\C)N1CCN(C(=O)Nc2ccc(N(C)C)cc2)[C@H](C)C1. The number of H-pyrrole nitrogens is 1. The average molecular weight is 473 g/mol. The molecular formula is C26H32N8O. The van der Waals surface area contributed by atoms with Gasteiger partial charge in [0, 0.05) is 81.8 Å². The molecule has 9 nitrogen and oxygen atoms in total. The second-order valence-corrected chi connectivity index (χ2v) is 8.75. The number of anilines is 2. The number of piperazine rings is 1. The molecule has 0 unspecified atom stereocenters. The molecule has 4 rings (SSSR count). The Morgan fingerprint density at radius 1 is 1.17 bits per heavy atom. The van der Waals surface area contributed by atoms with E-state index >= 15 is 0 Å². The number of rotatable bonds is 5. The van der Waals surface area contributed by atoms with Gasteiger partial charge in [-0.3, -0.25) is 9.98 Å². The van der Waals surface area contributed by atoms with E-state index in [0.29, 0.717) is 25.5 Å². The molecule has 0 bridgehead atoms. The zero-order valence-electron chi connectivity index (χ0n) is 20.7. The van der Waals surface area contributed by atoms with Crippen molar-refractivity contribution in [3.05, 3.63) is 60.4 Å². The molecule has 35 heavy (non-hydrogen) atoms. The van der Waals surface area contributed by atoms with Crippen molar-refractivity contribution in [3.63, 3.8) is 0 Å². The van der Waals surface area contributed by atoms with Gasteiger partial charge in [0.2, 0.25) is 0 Å². The number of benzene rings is 1. The van der Waals surface area contributed by atoms with Gasteiger partial charge in [0.25, 0.3) is 0 Å². The third-order valence-electron chi connectivity index (χ3n) is 6.22. The summed E-state index contributed by atoms with van der Waals surface area (Å²) in [7, 11) is 5.76. The first-order chi connectivity index (χ1) is 16.9. The molecule has 1 aliphatic heterocycles. The zero-order valence-corrected chi connectivity index (χ0v) is 20.7. The molecule has 1 aromatic carbocycles. The molecule has 2 aromatic heterocycles. The lowest BCUT2D eigenvalue weighted by Gasteiger charge is -2.41. The molecule has 2 N–H and O–H groups in total. The molecule has 1 atom stereocenters. The number of nitrogens with zero attached hydrogens (tertiary/aromatic N) is 6. The monoisotopic (exact) mass is 472 g/mol. The molecule has 0 spiro atoms. The zero-order chi connectivity index (χ0) is 24.9. The summed E-state index contributed by atoms with van der Waals surface area (Å²) in [6.45, 7) is 7.70. The summed E-state index contributed by atoms with van der Waals surface area (Å²) in [4.78, 5) is 35.3. The maximum atomic E-state index is 13.0. The highest BCUT2D eigenvalue weighted by atomic mass is 16.2. The van der Waals surface area contributed by atoms with Crippen LogP contribution in [-0.2, 0) is 0 Å². The number of carbonyl (C=O) groups is 1. The first kappa shape index (κ1) is 24.0. The molecule has 0 aliphatic carbocycles. The standard InChI is InChI=1S/C26H32N8O/c1-18-17-33(14-15-34(18)26(35)30-20-6-8-21(9-7-20)32(4)5)25(28-3)22-16-23(31-24(22)27-2)19-10-12-29-13-11-19/h6-13,16,18,31H,2,14-15,17H2,1,3-5H3,(H,30,35)/b28-25+/t18-/m1/s1. The number of aromatic nitrogens is 2. The Hall–Kier alpha value is -4.14. The van der Waals surface area contributed by atoms with Crippen LogP contribution in [-0.4, -0.2) is 85.2 Å². The van der Waals surface area contributed by atoms with Gasteiger partial charge in [0.1, 0.15) is 11.7 Å². The van der Waals surface area contributed by atoms with E-state index in [1.807, 2.05) is 66.4 Å². The van der Waals surface area contributed by atoms with Crippen molar-refractivity contribution in [1.29, 1.82) is 0 Å². The van der Waals surface area contributed by atoms with Gasteiger partial charge < -0.3 is 25.0 Å². The van der Waals surface area contributed by atoms with Crippen molar-refractivity contribution in [2.45, 2.75) is 13.0 Å². The van der Waals surface area contributed by atoms with Gasteiger partial charge in [-0.2, -0.15) is 0 Å². The number of nitrogens with one attached hydrogen (secondary N) is 2. The van der Waals surface area contributed by atoms with E-state index in [2.05, 4.69) is 43.8 Å². The van der Waals surface area contributed by atoms with Crippen LogP contribution in [0.5, 0.6) is 0 Å². The molecule has 182 valence electrons. The van der Waals surface area contributed by atoms with Gasteiger partial charge in [-0.15, -0.1) is 0 Å². The number of aromatic amines is 1. The maximum absolute atomic E-state index is 13.0. The third kappa shape index (κ3) is 5.18. The number of carbonyl (C=O) groups excluding carboxylic acids is 1. The molecule has 1 aliphatic rings. The van der Waals surface area contributed by atoms with Crippen molar-refractivity contribution < 1.29 is 4.79 Å². The fourth-order valence-corrected chi connectivity index (χ4v) is 4.35. The molecule has 0 radical (unpaired) electrons. The van der Waals surface area contributed by atoms with Crippen LogP contribution in [0.3, 0.4) is 0 Å². The second-order valence-electron chi connectivity index (χ2n) is 8.75. The molecule has 1 fully saturated rings. The van der Waals surface area contributed by atoms with Crippen LogP contribution in [0.4, 0.5) is 22.0 Å². The summed E-state index contributed by atoms with van der Waals surface area (Å²) in [6, 6.07) is 13.7. The van der Waals surface area contributed by atoms with E-state index in [1.165, 1.54) is 0 Å². The van der Waals surface area contributed by atoms with Crippen LogP contribution in [0, 0.1) is 0 Å². The number of aliphatic imine (C=N–C) groups is 2. The number of amides is 2. The summed E-state index contributed by atoms with van der Waals surface area (Å²) >= 11 is 0. The average Bonchev–Trinajstić information content (AvgIpc) is 3.29. The number of hydrogen-bond donors (Lipinski definition) is 2. The summed E-state index contributed by atoms with van der Waals surface area (Å²) in [5, 5.41) is 3.02. The van der Waals surface area contributed by atoms with E-state index in [9.17, 15) is 4.79 Å². The van der Waals surface area contributed by atoms with Gasteiger partial charge in [-0.1, -0.05) is 0 Å². The van der Waals surface area contributed by atoms with Crippen LogP contribution >= 0.6 is 0 Å². The Balaban J connectivity index is 1.46. The normalized spacial score (nSPS) is 16.2. The van der Waals surface area contributed by atoms with E-state index in [-0.39, 0.29) is 12.1 Å². The number of urea groups is 1.